The van der Waals surface area contributed by atoms with E-state index in [9.17, 15) is 19.2 Å². The number of nitrogens with one attached hydrogen (secondary N) is 2. The molecular weight excluding hydrogens is 376 g/mol. The topological polar surface area (TPSA) is 111 Å². The molecule has 0 heterocycles. The van der Waals surface area contributed by atoms with E-state index < -0.39 is 36.4 Å². The highest BCUT2D eigenvalue weighted by Crippen LogP contribution is 2.05. The predicted molar refractivity (Wildman–Crippen MR) is 104 cm³/mol. The van der Waals surface area contributed by atoms with E-state index in [0.717, 1.165) is 5.56 Å². The van der Waals surface area contributed by atoms with Crippen molar-refractivity contribution < 1.29 is 28.7 Å². The van der Waals surface area contributed by atoms with E-state index in [1.165, 1.54) is 14.0 Å². The van der Waals surface area contributed by atoms with Gasteiger partial charge in [0.2, 0.25) is 0 Å². The van der Waals surface area contributed by atoms with Crippen LogP contribution in [0.25, 0.3) is 0 Å². The predicted octanol–water partition coefficient (Wildman–Crippen LogP) is 1.45. The molecule has 152 valence electrons. The van der Waals surface area contributed by atoms with Gasteiger partial charge in [0, 0.05) is 12.1 Å². The molecule has 0 aliphatic heterocycles. The van der Waals surface area contributed by atoms with Crippen LogP contribution in [0.15, 0.2) is 54.6 Å². The lowest BCUT2D eigenvalue weighted by Gasteiger charge is -2.13. The Morgan fingerprint density at radius 2 is 1.59 bits per heavy atom. The van der Waals surface area contributed by atoms with Gasteiger partial charge in [-0.2, -0.15) is 0 Å². The van der Waals surface area contributed by atoms with Gasteiger partial charge in [0.1, 0.15) is 6.04 Å². The van der Waals surface area contributed by atoms with Crippen LogP contribution in [0.4, 0.5) is 0 Å². The van der Waals surface area contributed by atoms with Gasteiger partial charge in [-0.15, -0.1) is 0 Å². The zero-order chi connectivity index (χ0) is 21.2. The van der Waals surface area contributed by atoms with Crippen molar-refractivity contribution in [2.75, 3.05) is 13.7 Å². The highest BCUT2D eigenvalue weighted by molar-refractivity contribution is 5.96. The number of carbonyl (C=O) groups is 4. The van der Waals surface area contributed by atoms with Gasteiger partial charge in [-0.25, -0.2) is 9.59 Å². The molecule has 1 atom stereocenters. The summed E-state index contributed by atoms with van der Waals surface area (Å²) in [6, 6.07) is 14.1. The molecule has 2 N–H and O–H groups in total. The Hall–Kier alpha value is -3.68. The second-order valence-electron chi connectivity index (χ2n) is 6.13. The summed E-state index contributed by atoms with van der Waals surface area (Å²) in [6.07, 6.45) is 0. The largest absolute Gasteiger partial charge is 0.465 e. The number of hydrogen-bond donors (Lipinski definition) is 2. The van der Waals surface area contributed by atoms with Crippen molar-refractivity contribution in [3.8, 4) is 0 Å². The van der Waals surface area contributed by atoms with Gasteiger partial charge in [0.25, 0.3) is 11.8 Å². The Bertz CT molecular complexity index is 864. The van der Waals surface area contributed by atoms with Crippen LogP contribution in [0.2, 0.25) is 0 Å². The zero-order valence-electron chi connectivity index (χ0n) is 16.1. The van der Waals surface area contributed by atoms with Gasteiger partial charge in [-0.1, -0.05) is 30.3 Å². The fourth-order valence-corrected chi connectivity index (χ4v) is 2.32. The van der Waals surface area contributed by atoms with Gasteiger partial charge in [-0.3, -0.25) is 9.59 Å². The Balaban J connectivity index is 1.73. The molecule has 0 fully saturated rings. The van der Waals surface area contributed by atoms with E-state index in [-0.39, 0.29) is 6.54 Å². The zero-order valence-corrected chi connectivity index (χ0v) is 16.1. The van der Waals surface area contributed by atoms with Crippen LogP contribution in [0, 0.1) is 0 Å². The van der Waals surface area contributed by atoms with E-state index in [4.69, 9.17) is 4.74 Å². The Kier molecular flexibility index (Phi) is 7.90. The molecule has 0 unspecified atom stereocenters. The summed E-state index contributed by atoms with van der Waals surface area (Å²) < 4.78 is 9.54. The molecule has 0 aromatic heterocycles. The number of ether oxygens (including phenoxy) is 2. The van der Waals surface area contributed by atoms with Crippen molar-refractivity contribution in [3.63, 3.8) is 0 Å². The smallest absolute Gasteiger partial charge is 0.337 e. The van der Waals surface area contributed by atoms with Crippen LogP contribution < -0.4 is 10.6 Å². The minimum atomic E-state index is -0.902. The lowest BCUT2D eigenvalue weighted by molar-refractivity contribution is -0.150. The summed E-state index contributed by atoms with van der Waals surface area (Å²) in [6.45, 7) is 1.21. The fourth-order valence-electron chi connectivity index (χ4n) is 2.32. The third kappa shape index (κ3) is 6.76. The molecule has 2 aromatic carbocycles. The lowest BCUT2D eigenvalue weighted by atomic mass is 10.1. The molecule has 0 spiro atoms. The molecule has 0 aliphatic carbocycles. The second kappa shape index (κ2) is 10.6. The highest BCUT2D eigenvalue weighted by atomic mass is 16.5. The molecule has 2 aromatic rings. The van der Waals surface area contributed by atoms with Gasteiger partial charge in [0.15, 0.2) is 6.61 Å². The van der Waals surface area contributed by atoms with Crippen molar-refractivity contribution in [2.45, 2.75) is 19.5 Å². The molecule has 2 amide bonds. The first kappa shape index (κ1) is 21.6. The molecule has 8 nitrogen and oxygen atoms in total. The Labute approximate surface area is 168 Å². The summed E-state index contributed by atoms with van der Waals surface area (Å²) in [5.41, 5.74) is 1.59. The van der Waals surface area contributed by atoms with Crippen LogP contribution in [0.1, 0.15) is 33.2 Å². The molecule has 8 heteroatoms. The number of methoxy groups -OCH3 is 1. The average Bonchev–Trinajstić information content (AvgIpc) is 2.76. The molecule has 0 radical (unpaired) electrons. The number of benzene rings is 2. The minimum absolute atomic E-state index is 0.206. The quantitative estimate of drug-likeness (QED) is 0.651. The standard InChI is InChI=1S/C21H22N2O6/c1-14(23-19(25)16-6-4-3-5-7-16)20(26)29-13-18(24)22-12-15-8-10-17(11-9-15)21(27)28-2/h3-11,14H,12-13H2,1-2H3,(H,22,24)(H,23,25)/t14-/m0/s1. The maximum absolute atomic E-state index is 12.0. The van der Waals surface area contributed by atoms with E-state index in [1.807, 2.05) is 0 Å². The summed E-state index contributed by atoms with van der Waals surface area (Å²) in [4.78, 5) is 47.2. The second-order valence-corrected chi connectivity index (χ2v) is 6.13. The van der Waals surface area contributed by atoms with Crippen LogP contribution >= 0.6 is 0 Å². The number of carbonyl (C=O) groups excluding carboxylic acids is 4. The SMILES string of the molecule is COC(=O)c1ccc(CNC(=O)COC(=O)[C@H](C)NC(=O)c2ccccc2)cc1. The van der Waals surface area contributed by atoms with E-state index in [1.54, 1.807) is 54.6 Å². The summed E-state index contributed by atoms with van der Waals surface area (Å²) in [5, 5.41) is 5.12. The molecule has 0 saturated carbocycles. The normalized spacial score (nSPS) is 11.1. The monoisotopic (exact) mass is 398 g/mol. The first-order valence-electron chi connectivity index (χ1n) is 8.87. The minimum Gasteiger partial charge on any atom is -0.465 e. The first-order valence-corrected chi connectivity index (χ1v) is 8.87. The molecule has 0 bridgehead atoms. The van der Waals surface area contributed by atoms with Gasteiger partial charge >= 0.3 is 11.9 Å². The molecule has 0 aliphatic rings. The summed E-state index contributed by atoms with van der Waals surface area (Å²) in [7, 11) is 1.30. The molecule has 29 heavy (non-hydrogen) atoms. The number of esters is 2. The van der Waals surface area contributed by atoms with Gasteiger partial charge < -0.3 is 20.1 Å². The number of hydrogen-bond acceptors (Lipinski definition) is 6. The Morgan fingerprint density at radius 3 is 2.21 bits per heavy atom. The van der Waals surface area contributed by atoms with Crippen molar-refractivity contribution in [3.05, 3.63) is 71.3 Å². The van der Waals surface area contributed by atoms with E-state index in [0.29, 0.717) is 11.1 Å². The first-order chi connectivity index (χ1) is 13.9. The van der Waals surface area contributed by atoms with E-state index in [2.05, 4.69) is 15.4 Å². The maximum Gasteiger partial charge on any atom is 0.337 e. The lowest BCUT2D eigenvalue weighted by Crippen LogP contribution is -2.40. The molecular formula is C21H22N2O6. The fraction of sp³-hybridized carbons (Fsp3) is 0.238. The van der Waals surface area contributed by atoms with Crippen LogP contribution in [-0.4, -0.2) is 43.5 Å². The van der Waals surface area contributed by atoms with Gasteiger partial charge in [-0.05, 0) is 36.8 Å². The van der Waals surface area contributed by atoms with Crippen LogP contribution in [0.5, 0.6) is 0 Å². The third-order valence-corrected chi connectivity index (χ3v) is 3.95. The van der Waals surface area contributed by atoms with Crippen molar-refractivity contribution in [1.29, 1.82) is 0 Å². The summed E-state index contributed by atoms with van der Waals surface area (Å²) >= 11 is 0. The number of amides is 2. The van der Waals surface area contributed by atoms with Gasteiger partial charge in [0.05, 0.1) is 12.7 Å². The van der Waals surface area contributed by atoms with Crippen molar-refractivity contribution >= 4 is 23.8 Å². The highest BCUT2D eigenvalue weighted by Gasteiger charge is 2.19. The molecule has 0 saturated heterocycles. The maximum atomic E-state index is 12.0. The third-order valence-electron chi connectivity index (χ3n) is 3.95. The van der Waals surface area contributed by atoms with Crippen molar-refractivity contribution in [1.82, 2.24) is 10.6 Å². The van der Waals surface area contributed by atoms with Crippen molar-refractivity contribution in [2.24, 2.45) is 0 Å². The van der Waals surface area contributed by atoms with E-state index >= 15 is 0 Å². The number of rotatable bonds is 8. The summed E-state index contributed by atoms with van der Waals surface area (Å²) in [5.74, 6) is -2.06. The van der Waals surface area contributed by atoms with Crippen LogP contribution in [0.3, 0.4) is 0 Å². The average molecular weight is 398 g/mol. The Morgan fingerprint density at radius 1 is 0.931 bits per heavy atom. The molecule has 2 rings (SSSR count). The van der Waals surface area contributed by atoms with Crippen LogP contribution in [-0.2, 0) is 25.6 Å².